The van der Waals surface area contributed by atoms with E-state index in [-0.39, 0.29) is 30.4 Å². The predicted molar refractivity (Wildman–Crippen MR) is 72.0 cm³/mol. The number of fused-ring (bicyclic) bond motifs is 1. The van der Waals surface area contributed by atoms with Crippen molar-refractivity contribution in [3.63, 3.8) is 0 Å². The molecule has 7 nitrogen and oxygen atoms in total. The molecule has 0 aliphatic carbocycles. The Labute approximate surface area is 124 Å². The van der Waals surface area contributed by atoms with Crippen molar-refractivity contribution in [2.75, 3.05) is 6.61 Å². The van der Waals surface area contributed by atoms with Gasteiger partial charge in [-0.3, -0.25) is 10.1 Å². The number of halogens is 1. The summed E-state index contributed by atoms with van der Waals surface area (Å²) in [6.45, 7) is 0.250. The van der Waals surface area contributed by atoms with Crippen LogP contribution in [-0.2, 0) is 11.3 Å². The lowest BCUT2D eigenvalue weighted by atomic mass is 9.99. The standard InChI is InChI=1S/C14H11FN2O5/c15-14-12(2-1-3-16-14)22-13-5-9-8(4-10(13)17(19)20)6-21-7-11(9)18/h1-5,11,18H,6-7H2. The lowest BCUT2D eigenvalue weighted by molar-refractivity contribution is -0.385. The molecule has 1 atom stereocenters. The number of pyridine rings is 1. The van der Waals surface area contributed by atoms with Crippen molar-refractivity contribution in [1.29, 1.82) is 0 Å². The third-order valence-electron chi connectivity index (χ3n) is 3.25. The van der Waals surface area contributed by atoms with E-state index in [9.17, 15) is 19.6 Å². The largest absolute Gasteiger partial charge is 0.445 e. The average Bonchev–Trinajstić information content (AvgIpc) is 2.49. The summed E-state index contributed by atoms with van der Waals surface area (Å²) in [5.74, 6) is -1.26. The van der Waals surface area contributed by atoms with Gasteiger partial charge in [0.2, 0.25) is 5.75 Å². The van der Waals surface area contributed by atoms with Crippen LogP contribution in [0.5, 0.6) is 11.5 Å². The number of hydrogen-bond acceptors (Lipinski definition) is 6. The number of nitro benzene ring substituents is 1. The highest BCUT2D eigenvalue weighted by Crippen LogP contribution is 2.38. The summed E-state index contributed by atoms with van der Waals surface area (Å²) in [7, 11) is 0. The van der Waals surface area contributed by atoms with Gasteiger partial charge in [0.15, 0.2) is 5.75 Å². The van der Waals surface area contributed by atoms with E-state index in [2.05, 4.69) is 4.98 Å². The third-order valence-corrected chi connectivity index (χ3v) is 3.25. The number of hydrogen-bond donors (Lipinski definition) is 1. The molecule has 0 saturated carbocycles. The van der Waals surface area contributed by atoms with Crippen LogP contribution in [0.25, 0.3) is 0 Å². The van der Waals surface area contributed by atoms with E-state index in [4.69, 9.17) is 9.47 Å². The molecule has 1 aliphatic heterocycles. The summed E-state index contributed by atoms with van der Waals surface area (Å²) in [6.07, 6.45) is 0.329. The molecule has 1 unspecified atom stereocenters. The number of aliphatic hydroxyl groups excluding tert-OH is 1. The molecule has 1 aromatic heterocycles. The van der Waals surface area contributed by atoms with Gasteiger partial charge in [-0.2, -0.15) is 4.39 Å². The quantitative estimate of drug-likeness (QED) is 0.532. The van der Waals surface area contributed by atoms with Gasteiger partial charge in [-0.05, 0) is 29.3 Å². The van der Waals surface area contributed by atoms with Crippen molar-refractivity contribution >= 4 is 5.69 Å². The fourth-order valence-electron chi connectivity index (χ4n) is 2.22. The maximum Gasteiger partial charge on any atom is 0.311 e. The van der Waals surface area contributed by atoms with Crippen LogP contribution >= 0.6 is 0 Å². The molecule has 2 heterocycles. The Morgan fingerprint density at radius 2 is 2.27 bits per heavy atom. The molecular weight excluding hydrogens is 295 g/mol. The molecule has 0 saturated heterocycles. The zero-order chi connectivity index (χ0) is 15.7. The summed E-state index contributed by atoms with van der Waals surface area (Å²) < 4.78 is 24.0. The van der Waals surface area contributed by atoms with Crippen LogP contribution in [0.4, 0.5) is 10.1 Å². The second-order valence-corrected chi connectivity index (χ2v) is 4.70. The Kier molecular flexibility index (Phi) is 3.70. The molecule has 0 radical (unpaired) electrons. The topological polar surface area (TPSA) is 94.7 Å². The SMILES string of the molecule is O=[N+]([O-])c1cc2c(cc1Oc1cccnc1F)C(O)COC2. The molecule has 3 rings (SSSR count). The lowest BCUT2D eigenvalue weighted by Gasteiger charge is -2.22. The molecule has 2 aromatic rings. The maximum atomic E-state index is 13.5. The van der Waals surface area contributed by atoms with Crippen LogP contribution in [0.1, 0.15) is 17.2 Å². The van der Waals surface area contributed by atoms with Gasteiger partial charge in [0.25, 0.3) is 5.95 Å². The van der Waals surface area contributed by atoms with Gasteiger partial charge >= 0.3 is 5.69 Å². The molecule has 0 spiro atoms. The number of benzene rings is 1. The molecule has 0 amide bonds. The van der Waals surface area contributed by atoms with Gasteiger partial charge < -0.3 is 14.6 Å². The molecule has 1 N–H and O–H groups in total. The first-order chi connectivity index (χ1) is 10.6. The normalized spacial score (nSPS) is 16.9. The first-order valence-corrected chi connectivity index (χ1v) is 6.41. The molecule has 22 heavy (non-hydrogen) atoms. The van der Waals surface area contributed by atoms with Crippen molar-refractivity contribution in [3.05, 3.63) is 57.7 Å². The fourth-order valence-corrected chi connectivity index (χ4v) is 2.22. The van der Waals surface area contributed by atoms with Gasteiger partial charge in [-0.15, -0.1) is 0 Å². The van der Waals surface area contributed by atoms with Gasteiger partial charge in [-0.25, -0.2) is 4.98 Å². The first-order valence-electron chi connectivity index (χ1n) is 6.41. The van der Waals surface area contributed by atoms with Gasteiger partial charge in [-0.1, -0.05) is 0 Å². The van der Waals surface area contributed by atoms with E-state index < -0.39 is 17.0 Å². The van der Waals surface area contributed by atoms with Crippen LogP contribution < -0.4 is 4.74 Å². The zero-order valence-corrected chi connectivity index (χ0v) is 11.2. The average molecular weight is 306 g/mol. The number of aromatic nitrogens is 1. The van der Waals surface area contributed by atoms with Crippen molar-refractivity contribution in [2.24, 2.45) is 0 Å². The minimum atomic E-state index is -0.911. The zero-order valence-electron chi connectivity index (χ0n) is 11.2. The fraction of sp³-hybridized carbons (Fsp3) is 0.214. The highest BCUT2D eigenvalue weighted by Gasteiger charge is 2.26. The van der Waals surface area contributed by atoms with E-state index in [0.717, 1.165) is 0 Å². The molecule has 1 aliphatic rings. The summed E-state index contributed by atoms with van der Waals surface area (Å²) in [5, 5.41) is 21.1. The smallest absolute Gasteiger partial charge is 0.311 e. The second-order valence-electron chi connectivity index (χ2n) is 4.70. The summed E-state index contributed by atoms with van der Waals surface area (Å²) in [6, 6.07) is 5.37. The van der Waals surface area contributed by atoms with Gasteiger partial charge in [0.05, 0.1) is 18.1 Å². The number of nitrogens with zero attached hydrogens (tertiary/aromatic N) is 2. The summed E-state index contributed by atoms with van der Waals surface area (Å²) in [4.78, 5) is 14.0. The van der Waals surface area contributed by atoms with Crippen molar-refractivity contribution in [2.45, 2.75) is 12.7 Å². The minimum absolute atomic E-state index is 0.0888. The predicted octanol–water partition coefficient (Wildman–Crippen LogP) is 2.48. The van der Waals surface area contributed by atoms with Crippen LogP contribution in [0.2, 0.25) is 0 Å². The first kappa shape index (κ1) is 14.4. The Morgan fingerprint density at radius 3 is 3.00 bits per heavy atom. The second kappa shape index (κ2) is 5.66. The van der Waals surface area contributed by atoms with E-state index in [1.54, 1.807) is 0 Å². The molecule has 0 fully saturated rings. The number of rotatable bonds is 3. The van der Waals surface area contributed by atoms with E-state index in [1.807, 2.05) is 0 Å². The minimum Gasteiger partial charge on any atom is -0.445 e. The van der Waals surface area contributed by atoms with Gasteiger partial charge in [0.1, 0.15) is 6.10 Å². The van der Waals surface area contributed by atoms with Gasteiger partial charge in [0, 0.05) is 12.3 Å². The van der Waals surface area contributed by atoms with Crippen molar-refractivity contribution in [3.8, 4) is 11.5 Å². The van der Waals surface area contributed by atoms with Crippen molar-refractivity contribution in [1.82, 2.24) is 4.98 Å². The van der Waals surface area contributed by atoms with E-state index in [0.29, 0.717) is 11.1 Å². The van der Waals surface area contributed by atoms with Crippen molar-refractivity contribution < 1.29 is 23.9 Å². The van der Waals surface area contributed by atoms with E-state index in [1.165, 1.54) is 30.5 Å². The monoisotopic (exact) mass is 306 g/mol. The molecule has 0 bridgehead atoms. The Morgan fingerprint density at radius 1 is 1.45 bits per heavy atom. The maximum absolute atomic E-state index is 13.5. The van der Waals surface area contributed by atoms with Crippen LogP contribution in [0.3, 0.4) is 0 Å². The number of ether oxygens (including phenoxy) is 2. The highest BCUT2D eigenvalue weighted by atomic mass is 19.1. The Balaban J connectivity index is 2.07. The van der Waals surface area contributed by atoms with E-state index >= 15 is 0 Å². The van der Waals surface area contributed by atoms with Crippen LogP contribution in [-0.4, -0.2) is 21.6 Å². The lowest BCUT2D eigenvalue weighted by Crippen LogP contribution is -2.16. The molecule has 8 heteroatoms. The number of nitro groups is 1. The summed E-state index contributed by atoms with van der Waals surface area (Å²) in [5.41, 5.74) is 0.639. The molecular formula is C14H11FN2O5. The highest BCUT2D eigenvalue weighted by molar-refractivity contribution is 5.54. The van der Waals surface area contributed by atoms with Crippen LogP contribution in [0.15, 0.2) is 30.5 Å². The number of aliphatic hydroxyl groups is 1. The molecule has 114 valence electrons. The Bertz CT molecular complexity index is 737. The molecule has 1 aromatic carbocycles. The third kappa shape index (κ3) is 2.61. The van der Waals surface area contributed by atoms with Crippen LogP contribution in [0, 0.1) is 16.1 Å². The Hall–Kier alpha value is -2.58. The summed E-state index contributed by atoms with van der Waals surface area (Å²) >= 11 is 0.